The molecule has 0 saturated carbocycles. The number of carbonyl (C=O) groups excluding carboxylic acids is 2. The van der Waals surface area contributed by atoms with Crippen molar-refractivity contribution in [2.24, 2.45) is 0 Å². The molecule has 3 aromatic rings. The molecule has 204 valence electrons. The Morgan fingerprint density at radius 1 is 0.974 bits per heavy atom. The summed E-state index contributed by atoms with van der Waals surface area (Å²) < 4.78 is 16.2. The molecule has 3 amide bonds. The molecule has 0 aliphatic rings. The third-order valence-electron chi connectivity index (χ3n) is 6.06. The first-order chi connectivity index (χ1) is 18.4. The number of hydrogen-bond acceptors (Lipinski definition) is 6. The zero-order chi connectivity index (χ0) is 27.3. The highest BCUT2D eigenvalue weighted by Crippen LogP contribution is 2.29. The molecule has 0 bridgehead atoms. The number of methoxy groups -OCH3 is 2. The molecule has 0 aliphatic heterocycles. The van der Waals surface area contributed by atoms with Crippen LogP contribution in [0.2, 0.25) is 0 Å². The SMILES string of the molecule is CCOCCCN(CC(=O)N(Cc1ccccc1)Cc1sccc1C)C(=O)Nc1ccc(OC)cc1OC. The van der Waals surface area contributed by atoms with E-state index in [1.54, 1.807) is 36.6 Å². The predicted molar refractivity (Wildman–Crippen MR) is 151 cm³/mol. The highest BCUT2D eigenvalue weighted by atomic mass is 32.1. The molecule has 0 aliphatic carbocycles. The van der Waals surface area contributed by atoms with Crippen LogP contribution in [0.4, 0.5) is 10.5 Å². The van der Waals surface area contributed by atoms with Gasteiger partial charge in [-0.05, 0) is 55.0 Å². The van der Waals surface area contributed by atoms with E-state index in [0.717, 1.165) is 16.0 Å². The van der Waals surface area contributed by atoms with Crippen molar-refractivity contribution < 1.29 is 23.8 Å². The van der Waals surface area contributed by atoms with E-state index < -0.39 is 0 Å². The molecule has 1 N–H and O–H groups in total. The summed E-state index contributed by atoms with van der Waals surface area (Å²) in [6, 6.07) is 16.7. The van der Waals surface area contributed by atoms with Gasteiger partial charge in [0.15, 0.2) is 0 Å². The second-order valence-corrected chi connectivity index (χ2v) is 9.73. The molecule has 0 unspecified atom stereocenters. The smallest absolute Gasteiger partial charge is 0.322 e. The molecule has 9 heteroatoms. The minimum atomic E-state index is -0.384. The monoisotopic (exact) mass is 539 g/mol. The third-order valence-corrected chi connectivity index (χ3v) is 7.06. The maximum absolute atomic E-state index is 13.7. The van der Waals surface area contributed by atoms with Crippen LogP contribution in [-0.4, -0.2) is 62.3 Å². The quantitative estimate of drug-likeness (QED) is 0.271. The molecule has 8 nitrogen and oxygen atoms in total. The standard InChI is InChI=1S/C29H37N3O5S/c1-5-37-16-9-15-31(29(34)30-25-13-12-24(35-3)18-26(25)36-4)21-28(33)32(19-23-10-7-6-8-11-23)20-27-22(2)14-17-38-27/h6-8,10-14,17-18H,5,9,15-16,19-21H2,1-4H3,(H,30,34). The molecular weight excluding hydrogens is 502 g/mol. The highest BCUT2D eigenvalue weighted by molar-refractivity contribution is 7.10. The van der Waals surface area contributed by atoms with Crippen molar-refractivity contribution in [1.29, 1.82) is 0 Å². The lowest BCUT2D eigenvalue weighted by Gasteiger charge is -2.28. The minimum absolute atomic E-state index is 0.0618. The summed E-state index contributed by atoms with van der Waals surface area (Å²) in [7, 11) is 3.10. The number of aryl methyl sites for hydroxylation is 1. The third kappa shape index (κ3) is 8.49. The molecule has 0 atom stereocenters. The van der Waals surface area contributed by atoms with E-state index in [1.165, 1.54) is 12.0 Å². The maximum atomic E-state index is 13.7. The Labute approximate surface area is 229 Å². The normalized spacial score (nSPS) is 10.6. The van der Waals surface area contributed by atoms with Gasteiger partial charge < -0.3 is 29.3 Å². The number of rotatable bonds is 14. The predicted octanol–water partition coefficient (Wildman–Crippen LogP) is 5.56. The average molecular weight is 540 g/mol. The Morgan fingerprint density at radius 2 is 1.76 bits per heavy atom. The summed E-state index contributed by atoms with van der Waals surface area (Å²) >= 11 is 1.63. The largest absolute Gasteiger partial charge is 0.497 e. The van der Waals surface area contributed by atoms with Gasteiger partial charge in [0.1, 0.15) is 18.0 Å². The van der Waals surface area contributed by atoms with Crippen molar-refractivity contribution >= 4 is 29.0 Å². The van der Waals surface area contributed by atoms with E-state index in [-0.39, 0.29) is 18.5 Å². The van der Waals surface area contributed by atoms with Crippen molar-refractivity contribution in [3.8, 4) is 11.5 Å². The van der Waals surface area contributed by atoms with Crippen LogP contribution in [0.25, 0.3) is 0 Å². The molecule has 0 saturated heterocycles. The lowest BCUT2D eigenvalue weighted by molar-refractivity contribution is -0.133. The highest BCUT2D eigenvalue weighted by Gasteiger charge is 2.23. The molecule has 2 aromatic carbocycles. The molecule has 0 spiro atoms. The maximum Gasteiger partial charge on any atom is 0.322 e. The summed E-state index contributed by atoms with van der Waals surface area (Å²) in [5, 5.41) is 4.93. The summed E-state index contributed by atoms with van der Waals surface area (Å²) in [5.74, 6) is 0.955. The first-order valence-electron chi connectivity index (χ1n) is 12.7. The van der Waals surface area contributed by atoms with Crippen molar-refractivity contribution in [1.82, 2.24) is 9.80 Å². The average Bonchev–Trinajstić information content (AvgIpc) is 3.34. The number of hydrogen-bond donors (Lipinski definition) is 1. The van der Waals surface area contributed by atoms with E-state index in [0.29, 0.717) is 56.5 Å². The fourth-order valence-electron chi connectivity index (χ4n) is 3.89. The number of amides is 3. The van der Waals surface area contributed by atoms with Gasteiger partial charge in [-0.2, -0.15) is 0 Å². The second-order valence-electron chi connectivity index (χ2n) is 8.73. The number of ether oxygens (including phenoxy) is 3. The van der Waals surface area contributed by atoms with Gasteiger partial charge >= 0.3 is 6.03 Å². The zero-order valence-electron chi connectivity index (χ0n) is 22.6. The Bertz CT molecular complexity index is 1170. The van der Waals surface area contributed by atoms with E-state index in [4.69, 9.17) is 14.2 Å². The molecule has 38 heavy (non-hydrogen) atoms. The van der Waals surface area contributed by atoms with Crippen LogP contribution in [0, 0.1) is 6.92 Å². The topological polar surface area (TPSA) is 80.3 Å². The van der Waals surface area contributed by atoms with Crippen LogP contribution >= 0.6 is 11.3 Å². The molecular formula is C29H37N3O5S. The Hall–Kier alpha value is -3.56. The van der Waals surface area contributed by atoms with Crippen LogP contribution in [0.3, 0.4) is 0 Å². The number of nitrogens with zero attached hydrogens (tertiary/aromatic N) is 2. The number of nitrogens with one attached hydrogen (secondary N) is 1. The van der Waals surface area contributed by atoms with Crippen LogP contribution in [0.1, 0.15) is 29.3 Å². The Kier molecular flexibility index (Phi) is 11.4. The number of benzene rings is 2. The van der Waals surface area contributed by atoms with E-state index in [9.17, 15) is 9.59 Å². The lowest BCUT2D eigenvalue weighted by Crippen LogP contribution is -2.44. The van der Waals surface area contributed by atoms with Crippen molar-refractivity contribution in [2.45, 2.75) is 33.4 Å². The first-order valence-corrected chi connectivity index (χ1v) is 13.5. The summed E-state index contributed by atoms with van der Waals surface area (Å²) in [5.41, 5.74) is 2.68. The van der Waals surface area contributed by atoms with Crippen molar-refractivity contribution in [3.63, 3.8) is 0 Å². The van der Waals surface area contributed by atoms with E-state index >= 15 is 0 Å². The van der Waals surface area contributed by atoms with E-state index in [2.05, 4.69) is 11.4 Å². The first kappa shape index (κ1) is 29.0. The van der Waals surface area contributed by atoms with Gasteiger partial charge in [-0.15, -0.1) is 11.3 Å². The lowest BCUT2D eigenvalue weighted by atomic mass is 10.2. The number of carbonyl (C=O) groups is 2. The van der Waals surface area contributed by atoms with Gasteiger partial charge in [-0.25, -0.2) is 4.79 Å². The Morgan fingerprint density at radius 3 is 2.42 bits per heavy atom. The van der Waals surface area contributed by atoms with Crippen LogP contribution in [-0.2, 0) is 22.6 Å². The fraction of sp³-hybridized carbons (Fsp3) is 0.379. The summed E-state index contributed by atoms with van der Waals surface area (Å²) in [4.78, 5) is 31.6. The van der Waals surface area contributed by atoms with Crippen LogP contribution < -0.4 is 14.8 Å². The molecule has 1 heterocycles. The number of anilines is 1. The van der Waals surface area contributed by atoms with Crippen LogP contribution in [0.15, 0.2) is 60.0 Å². The number of urea groups is 1. The van der Waals surface area contributed by atoms with E-state index in [1.807, 2.05) is 54.5 Å². The minimum Gasteiger partial charge on any atom is -0.497 e. The zero-order valence-corrected chi connectivity index (χ0v) is 23.4. The Balaban J connectivity index is 1.79. The fourth-order valence-corrected chi connectivity index (χ4v) is 4.81. The van der Waals surface area contributed by atoms with Crippen LogP contribution in [0.5, 0.6) is 11.5 Å². The molecule has 3 rings (SSSR count). The summed E-state index contributed by atoms with van der Waals surface area (Å²) in [6.45, 7) is 6.32. The van der Waals surface area contributed by atoms with Crippen molar-refractivity contribution in [2.75, 3.05) is 45.8 Å². The summed E-state index contributed by atoms with van der Waals surface area (Å²) in [6.07, 6.45) is 0.608. The van der Waals surface area contributed by atoms with Gasteiger partial charge in [0.2, 0.25) is 5.91 Å². The second kappa shape index (κ2) is 15.0. The molecule has 0 radical (unpaired) electrons. The van der Waals surface area contributed by atoms with Gasteiger partial charge in [0.25, 0.3) is 0 Å². The van der Waals surface area contributed by atoms with Gasteiger partial charge in [0.05, 0.1) is 26.5 Å². The van der Waals surface area contributed by atoms with Gasteiger partial charge in [0, 0.05) is 37.2 Å². The molecule has 1 aromatic heterocycles. The molecule has 0 fully saturated rings. The van der Waals surface area contributed by atoms with Gasteiger partial charge in [-0.1, -0.05) is 30.3 Å². The number of thiophene rings is 1. The van der Waals surface area contributed by atoms with Gasteiger partial charge in [-0.3, -0.25) is 4.79 Å². The van der Waals surface area contributed by atoms with Crippen molar-refractivity contribution in [3.05, 3.63) is 76.0 Å².